The fraction of sp³-hybridized carbons (Fsp3) is 0.0870. The van der Waals surface area contributed by atoms with Crippen molar-refractivity contribution in [2.45, 2.75) is 6.54 Å². The Bertz CT molecular complexity index is 1180. The monoisotopic (exact) mass is 403 g/mol. The number of hydrogen-bond donors (Lipinski definition) is 1. The zero-order valence-electron chi connectivity index (χ0n) is 15.7. The van der Waals surface area contributed by atoms with Crippen LogP contribution in [-0.2, 0) is 6.54 Å². The van der Waals surface area contributed by atoms with E-state index in [2.05, 4.69) is 15.3 Å². The van der Waals surface area contributed by atoms with Crippen LogP contribution in [0.4, 0.5) is 0 Å². The summed E-state index contributed by atoms with van der Waals surface area (Å²) in [6, 6.07) is 18.5. The van der Waals surface area contributed by atoms with Crippen molar-refractivity contribution in [1.29, 1.82) is 0 Å². The summed E-state index contributed by atoms with van der Waals surface area (Å²) in [5, 5.41) is 4.23. The fourth-order valence-electron chi connectivity index (χ4n) is 3.11. The first kappa shape index (κ1) is 18.9. The molecule has 2 aromatic heterocycles. The molecule has 0 aliphatic rings. The Morgan fingerprint density at radius 1 is 1.10 bits per heavy atom. The highest BCUT2D eigenvalue weighted by atomic mass is 35.5. The molecular weight excluding hydrogens is 386 g/mol. The average Bonchev–Trinajstić information content (AvgIpc) is 2.77. The Hall–Kier alpha value is -3.44. The van der Waals surface area contributed by atoms with Crippen molar-refractivity contribution in [2.75, 3.05) is 7.11 Å². The first-order chi connectivity index (χ1) is 14.1. The Kier molecular flexibility index (Phi) is 5.40. The summed E-state index contributed by atoms with van der Waals surface area (Å²) in [7, 11) is 1.62. The molecule has 0 bridgehead atoms. The Morgan fingerprint density at radius 3 is 2.79 bits per heavy atom. The smallest absolute Gasteiger partial charge is 0.252 e. The Morgan fingerprint density at radius 2 is 2.00 bits per heavy atom. The van der Waals surface area contributed by atoms with Gasteiger partial charge in [-0.1, -0.05) is 23.7 Å². The van der Waals surface area contributed by atoms with Crippen molar-refractivity contribution < 1.29 is 9.53 Å². The van der Waals surface area contributed by atoms with Crippen molar-refractivity contribution in [3.63, 3.8) is 0 Å². The van der Waals surface area contributed by atoms with Crippen molar-refractivity contribution in [3.8, 4) is 17.0 Å². The summed E-state index contributed by atoms with van der Waals surface area (Å²) in [5.74, 6) is 0.546. The largest absolute Gasteiger partial charge is 0.497 e. The van der Waals surface area contributed by atoms with Crippen molar-refractivity contribution in [2.24, 2.45) is 0 Å². The quantitative estimate of drug-likeness (QED) is 0.515. The number of benzene rings is 2. The van der Waals surface area contributed by atoms with E-state index in [1.165, 1.54) is 0 Å². The molecule has 1 amide bonds. The van der Waals surface area contributed by atoms with Gasteiger partial charge in [-0.3, -0.25) is 9.78 Å². The maximum absolute atomic E-state index is 13.1. The lowest BCUT2D eigenvalue weighted by Crippen LogP contribution is -2.23. The van der Waals surface area contributed by atoms with Crippen LogP contribution in [0.15, 0.2) is 73.1 Å². The number of ether oxygens (including phenoxy) is 1. The lowest BCUT2D eigenvalue weighted by Gasteiger charge is -2.11. The third-order valence-corrected chi connectivity index (χ3v) is 4.79. The number of halogens is 1. The minimum atomic E-state index is -0.201. The molecule has 2 aromatic carbocycles. The van der Waals surface area contributed by atoms with E-state index in [4.69, 9.17) is 16.3 Å². The fourth-order valence-corrected chi connectivity index (χ4v) is 3.28. The molecule has 144 valence electrons. The Balaban J connectivity index is 1.70. The molecular formula is C23H18ClN3O2. The van der Waals surface area contributed by atoms with Gasteiger partial charge in [0.2, 0.25) is 0 Å². The molecule has 0 radical (unpaired) electrons. The minimum absolute atomic E-state index is 0.201. The molecule has 4 aromatic rings. The van der Waals surface area contributed by atoms with Gasteiger partial charge in [0.1, 0.15) is 5.75 Å². The third kappa shape index (κ3) is 4.20. The lowest BCUT2D eigenvalue weighted by molar-refractivity contribution is 0.0952. The molecule has 6 heteroatoms. The van der Waals surface area contributed by atoms with Crippen LogP contribution in [0.5, 0.6) is 5.75 Å². The number of hydrogen-bond acceptors (Lipinski definition) is 4. The van der Waals surface area contributed by atoms with Gasteiger partial charge in [-0.2, -0.15) is 0 Å². The van der Waals surface area contributed by atoms with Crippen LogP contribution in [0.2, 0.25) is 5.02 Å². The summed E-state index contributed by atoms with van der Waals surface area (Å²) in [4.78, 5) is 21.9. The molecule has 0 saturated heterocycles. The zero-order chi connectivity index (χ0) is 20.2. The number of aromatic nitrogens is 2. The van der Waals surface area contributed by atoms with Crippen molar-refractivity contribution >= 4 is 28.4 Å². The third-order valence-electron chi connectivity index (χ3n) is 4.56. The number of carbonyl (C=O) groups excluding carboxylic acids is 1. The number of methoxy groups -OCH3 is 1. The first-order valence-electron chi connectivity index (χ1n) is 9.06. The number of nitrogens with zero attached hydrogens (tertiary/aromatic N) is 2. The minimum Gasteiger partial charge on any atom is -0.497 e. The van der Waals surface area contributed by atoms with Gasteiger partial charge in [0, 0.05) is 34.9 Å². The average molecular weight is 404 g/mol. The maximum atomic E-state index is 13.1. The number of carbonyl (C=O) groups is 1. The van der Waals surface area contributed by atoms with Gasteiger partial charge in [0.05, 0.1) is 23.9 Å². The number of rotatable bonds is 5. The van der Waals surface area contributed by atoms with Gasteiger partial charge in [-0.25, -0.2) is 4.98 Å². The molecule has 0 unspecified atom stereocenters. The molecule has 0 aliphatic carbocycles. The molecule has 4 rings (SSSR count). The van der Waals surface area contributed by atoms with E-state index in [0.717, 1.165) is 16.9 Å². The van der Waals surface area contributed by atoms with E-state index in [0.29, 0.717) is 33.7 Å². The van der Waals surface area contributed by atoms with Gasteiger partial charge < -0.3 is 10.1 Å². The molecule has 0 spiro atoms. The lowest BCUT2D eigenvalue weighted by atomic mass is 10.0. The van der Waals surface area contributed by atoms with E-state index < -0.39 is 0 Å². The van der Waals surface area contributed by atoms with Crippen molar-refractivity contribution in [1.82, 2.24) is 15.3 Å². The van der Waals surface area contributed by atoms with Crippen LogP contribution < -0.4 is 10.1 Å². The molecule has 2 heterocycles. The molecule has 0 fully saturated rings. The zero-order valence-corrected chi connectivity index (χ0v) is 16.5. The standard InChI is InChI=1S/C23H18ClN3O2/c1-29-18-6-2-4-15(10-18)13-26-23(28)20-12-22(16-5-3-9-25-14-16)27-21-8-7-17(24)11-19(20)21/h2-12,14H,13H2,1H3,(H,26,28). The highest BCUT2D eigenvalue weighted by Gasteiger charge is 2.15. The van der Waals surface area contributed by atoms with Gasteiger partial charge in [-0.05, 0) is 54.1 Å². The molecule has 0 aliphatic heterocycles. The van der Waals surface area contributed by atoms with Crippen LogP contribution in [-0.4, -0.2) is 23.0 Å². The second-order valence-corrected chi connectivity index (χ2v) is 6.93. The SMILES string of the molecule is COc1cccc(CNC(=O)c2cc(-c3cccnc3)nc3ccc(Cl)cc23)c1. The highest BCUT2D eigenvalue weighted by Crippen LogP contribution is 2.27. The van der Waals surface area contributed by atoms with Gasteiger partial charge >= 0.3 is 0 Å². The second kappa shape index (κ2) is 8.29. The number of fused-ring (bicyclic) bond motifs is 1. The summed E-state index contributed by atoms with van der Waals surface area (Å²) in [6.07, 6.45) is 3.42. The normalized spacial score (nSPS) is 10.7. The Labute approximate surface area is 173 Å². The summed E-state index contributed by atoms with van der Waals surface area (Å²) in [6.45, 7) is 0.378. The van der Waals surface area contributed by atoms with E-state index >= 15 is 0 Å². The van der Waals surface area contributed by atoms with Gasteiger partial charge in [0.15, 0.2) is 0 Å². The summed E-state index contributed by atoms with van der Waals surface area (Å²) < 4.78 is 5.24. The van der Waals surface area contributed by atoms with E-state index in [-0.39, 0.29) is 5.91 Å². The second-order valence-electron chi connectivity index (χ2n) is 6.49. The molecule has 0 saturated carbocycles. The van der Waals surface area contributed by atoms with E-state index in [9.17, 15) is 4.79 Å². The molecule has 1 N–H and O–H groups in total. The maximum Gasteiger partial charge on any atom is 0.252 e. The number of pyridine rings is 2. The predicted octanol–water partition coefficient (Wildman–Crippen LogP) is 4.89. The highest BCUT2D eigenvalue weighted by molar-refractivity contribution is 6.31. The predicted molar refractivity (Wildman–Crippen MR) is 114 cm³/mol. The van der Waals surface area contributed by atoms with Gasteiger partial charge in [0.25, 0.3) is 5.91 Å². The summed E-state index contributed by atoms with van der Waals surface area (Å²) >= 11 is 6.18. The summed E-state index contributed by atoms with van der Waals surface area (Å²) in [5.41, 5.74) is 3.67. The number of nitrogens with one attached hydrogen (secondary N) is 1. The van der Waals surface area contributed by atoms with Crippen LogP contribution in [0.3, 0.4) is 0 Å². The van der Waals surface area contributed by atoms with Crippen molar-refractivity contribution in [3.05, 3.63) is 89.2 Å². The molecule has 29 heavy (non-hydrogen) atoms. The first-order valence-corrected chi connectivity index (χ1v) is 9.43. The number of amides is 1. The molecule has 0 atom stereocenters. The van der Waals surface area contributed by atoms with Gasteiger partial charge in [-0.15, -0.1) is 0 Å². The van der Waals surface area contributed by atoms with Crippen LogP contribution in [0, 0.1) is 0 Å². The van der Waals surface area contributed by atoms with Crippen LogP contribution in [0.25, 0.3) is 22.2 Å². The molecule has 5 nitrogen and oxygen atoms in total. The van der Waals surface area contributed by atoms with E-state index in [1.54, 1.807) is 37.7 Å². The topological polar surface area (TPSA) is 64.1 Å². The van der Waals surface area contributed by atoms with E-state index in [1.807, 2.05) is 42.5 Å². The van der Waals surface area contributed by atoms with Crippen LogP contribution in [0.1, 0.15) is 15.9 Å². The van der Waals surface area contributed by atoms with Crippen LogP contribution >= 0.6 is 11.6 Å².